The molecule has 0 radical (unpaired) electrons. The molecule has 0 aliphatic carbocycles. The second kappa shape index (κ2) is 5.14. The van der Waals surface area contributed by atoms with Crippen molar-refractivity contribution in [3.63, 3.8) is 0 Å². The number of anilines is 1. The number of piperidine rings is 1. The summed E-state index contributed by atoms with van der Waals surface area (Å²) in [5, 5.41) is 0. The topological polar surface area (TPSA) is 42.1 Å². The van der Waals surface area contributed by atoms with E-state index in [-0.39, 0.29) is 13.0 Å². The van der Waals surface area contributed by atoms with Crippen molar-refractivity contribution in [3.8, 4) is 0 Å². The number of aromatic nitrogens is 1. The fourth-order valence-corrected chi connectivity index (χ4v) is 2.34. The number of rotatable bonds is 2. The number of alkyl halides is 3. The molecule has 1 aromatic rings. The highest BCUT2D eigenvalue weighted by molar-refractivity contribution is 5.52. The lowest BCUT2D eigenvalue weighted by Gasteiger charge is -2.35. The van der Waals surface area contributed by atoms with Crippen LogP contribution in [0.2, 0.25) is 0 Å². The lowest BCUT2D eigenvalue weighted by atomic mass is 9.96. The van der Waals surface area contributed by atoms with Crippen LogP contribution in [0.4, 0.5) is 18.9 Å². The number of nitrogens with zero attached hydrogens (tertiary/aromatic N) is 2. The number of nitrogens with two attached hydrogens (primary N) is 1. The van der Waals surface area contributed by atoms with Crippen molar-refractivity contribution in [2.24, 2.45) is 11.7 Å². The maximum atomic E-state index is 12.7. The van der Waals surface area contributed by atoms with Gasteiger partial charge in [-0.2, -0.15) is 13.2 Å². The molecule has 1 saturated heterocycles. The summed E-state index contributed by atoms with van der Waals surface area (Å²) >= 11 is 0. The van der Waals surface area contributed by atoms with Crippen LogP contribution in [0.25, 0.3) is 0 Å². The molecule has 1 unspecified atom stereocenters. The molecule has 0 bridgehead atoms. The Hall–Kier alpha value is -1.30. The Balaban J connectivity index is 2.18. The summed E-state index contributed by atoms with van der Waals surface area (Å²) in [6.45, 7) is 0.943. The fourth-order valence-electron chi connectivity index (χ4n) is 2.34. The molecule has 1 atom stereocenters. The van der Waals surface area contributed by atoms with Crippen molar-refractivity contribution in [3.05, 3.63) is 24.0 Å². The molecule has 2 N–H and O–H groups in total. The predicted octanol–water partition coefficient (Wildman–Crippen LogP) is 2.32. The Morgan fingerprint density at radius 1 is 1.44 bits per heavy atom. The molecule has 0 amide bonds. The summed E-state index contributed by atoms with van der Waals surface area (Å²) in [4.78, 5) is 5.72. The zero-order chi connectivity index (χ0) is 13.2. The first kappa shape index (κ1) is 13.1. The van der Waals surface area contributed by atoms with Gasteiger partial charge in [-0.05, 0) is 24.5 Å². The van der Waals surface area contributed by atoms with Gasteiger partial charge in [-0.3, -0.25) is 4.98 Å². The Morgan fingerprint density at radius 3 is 2.89 bits per heavy atom. The van der Waals surface area contributed by atoms with E-state index < -0.39 is 12.1 Å². The molecule has 1 aliphatic heterocycles. The van der Waals surface area contributed by atoms with Crippen molar-refractivity contribution in [2.75, 3.05) is 18.0 Å². The largest absolute Gasteiger partial charge is 0.393 e. The van der Waals surface area contributed by atoms with Gasteiger partial charge in [-0.15, -0.1) is 0 Å². The van der Waals surface area contributed by atoms with Gasteiger partial charge < -0.3 is 10.6 Å². The third-order valence-corrected chi connectivity index (χ3v) is 3.33. The fraction of sp³-hybridized carbons (Fsp3) is 0.583. The lowest BCUT2D eigenvalue weighted by molar-refractivity contribution is -0.176. The molecule has 0 saturated carbocycles. The highest BCUT2D eigenvalue weighted by Crippen LogP contribution is 2.35. The van der Waals surface area contributed by atoms with E-state index in [1.807, 2.05) is 0 Å². The zero-order valence-electron chi connectivity index (χ0n) is 9.95. The second-order valence-electron chi connectivity index (χ2n) is 4.54. The third kappa shape index (κ3) is 2.75. The summed E-state index contributed by atoms with van der Waals surface area (Å²) in [5.41, 5.74) is 7.17. The van der Waals surface area contributed by atoms with Crippen LogP contribution in [0.3, 0.4) is 0 Å². The minimum atomic E-state index is -4.12. The smallest absolute Gasteiger partial charge is 0.369 e. The maximum Gasteiger partial charge on any atom is 0.393 e. The molecule has 1 aliphatic rings. The van der Waals surface area contributed by atoms with Crippen LogP contribution in [0, 0.1) is 5.92 Å². The Morgan fingerprint density at radius 2 is 2.22 bits per heavy atom. The number of hydrogen-bond donors (Lipinski definition) is 1. The predicted molar refractivity (Wildman–Crippen MR) is 63.1 cm³/mol. The van der Waals surface area contributed by atoms with Crippen molar-refractivity contribution >= 4 is 5.69 Å². The van der Waals surface area contributed by atoms with Crippen molar-refractivity contribution in [1.29, 1.82) is 0 Å². The molecule has 0 aromatic carbocycles. The summed E-state index contributed by atoms with van der Waals surface area (Å²) < 4.78 is 38.2. The van der Waals surface area contributed by atoms with Crippen LogP contribution >= 0.6 is 0 Å². The van der Waals surface area contributed by atoms with E-state index in [9.17, 15) is 13.2 Å². The van der Waals surface area contributed by atoms with Gasteiger partial charge >= 0.3 is 6.18 Å². The highest BCUT2D eigenvalue weighted by atomic mass is 19.4. The Bertz CT molecular complexity index is 406. The van der Waals surface area contributed by atoms with Crippen LogP contribution in [-0.2, 0) is 6.54 Å². The zero-order valence-corrected chi connectivity index (χ0v) is 9.95. The first-order chi connectivity index (χ1) is 8.52. The Labute approximate surface area is 104 Å². The lowest BCUT2D eigenvalue weighted by Crippen LogP contribution is -2.42. The van der Waals surface area contributed by atoms with Crippen molar-refractivity contribution < 1.29 is 13.2 Å². The summed E-state index contributed by atoms with van der Waals surface area (Å²) in [5.74, 6) is -1.25. The van der Waals surface area contributed by atoms with E-state index >= 15 is 0 Å². The summed E-state index contributed by atoms with van der Waals surface area (Å²) in [6, 6.07) is 1.76. The third-order valence-electron chi connectivity index (χ3n) is 3.33. The molecule has 0 spiro atoms. The van der Waals surface area contributed by atoms with Gasteiger partial charge in [0, 0.05) is 25.8 Å². The van der Waals surface area contributed by atoms with Crippen LogP contribution in [0.1, 0.15) is 18.4 Å². The molecule has 3 nitrogen and oxygen atoms in total. The molecule has 100 valence electrons. The van der Waals surface area contributed by atoms with Gasteiger partial charge in [0.05, 0.1) is 17.8 Å². The van der Waals surface area contributed by atoms with E-state index in [1.54, 1.807) is 23.4 Å². The number of pyridine rings is 1. The van der Waals surface area contributed by atoms with E-state index in [1.165, 1.54) is 0 Å². The molecule has 1 aromatic heterocycles. The van der Waals surface area contributed by atoms with Gasteiger partial charge in [0.15, 0.2) is 0 Å². The van der Waals surface area contributed by atoms with Gasteiger partial charge in [-0.1, -0.05) is 0 Å². The SMILES string of the molecule is NCc1ccncc1N1CCCC(C(F)(F)F)C1. The molecule has 18 heavy (non-hydrogen) atoms. The average Bonchev–Trinajstić information content (AvgIpc) is 2.38. The van der Waals surface area contributed by atoms with Crippen molar-refractivity contribution in [2.45, 2.75) is 25.6 Å². The monoisotopic (exact) mass is 259 g/mol. The van der Waals surface area contributed by atoms with E-state index in [0.717, 1.165) is 11.3 Å². The molecule has 2 rings (SSSR count). The van der Waals surface area contributed by atoms with Gasteiger partial charge in [0.1, 0.15) is 0 Å². The van der Waals surface area contributed by atoms with Crippen LogP contribution < -0.4 is 10.6 Å². The molecular formula is C12H16F3N3. The van der Waals surface area contributed by atoms with E-state index in [2.05, 4.69) is 4.98 Å². The number of hydrogen-bond acceptors (Lipinski definition) is 3. The minimum Gasteiger partial charge on any atom is -0.369 e. The van der Waals surface area contributed by atoms with E-state index in [0.29, 0.717) is 19.5 Å². The highest BCUT2D eigenvalue weighted by Gasteiger charge is 2.42. The second-order valence-corrected chi connectivity index (χ2v) is 4.54. The maximum absolute atomic E-state index is 12.7. The summed E-state index contributed by atoms with van der Waals surface area (Å²) in [7, 11) is 0. The van der Waals surface area contributed by atoms with Gasteiger partial charge in [0.25, 0.3) is 0 Å². The number of halogens is 3. The molecule has 6 heteroatoms. The minimum absolute atomic E-state index is 0.00218. The van der Waals surface area contributed by atoms with Crippen LogP contribution in [0.15, 0.2) is 18.5 Å². The quantitative estimate of drug-likeness (QED) is 0.886. The van der Waals surface area contributed by atoms with E-state index in [4.69, 9.17) is 5.73 Å². The molecule has 1 fully saturated rings. The standard InChI is InChI=1S/C12H16F3N3/c13-12(14,15)10-2-1-5-18(8-10)11-7-17-4-3-9(11)6-16/h3-4,7,10H,1-2,5-6,8,16H2. The van der Waals surface area contributed by atoms with Gasteiger partial charge in [-0.25, -0.2) is 0 Å². The first-order valence-corrected chi connectivity index (χ1v) is 5.97. The first-order valence-electron chi connectivity index (χ1n) is 5.97. The van der Waals surface area contributed by atoms with Crippen LogP contribution in [-0.4, -0.2) is 24.2 Å². The van der Waals surface area contributed by atoms with Crippen LogP contribution in [0.5, 0.6) is 0 Å². The van der Waals surface area contributed by atoms with Gasteiger partial charge in [0.2, 0.25) is 0 Å². The molecular weight excluding hydrogens is 243 g/mol. The summed E-state index contributed by atoms with van der Waals surface area (Å²) in [6.07, 6.45) is -0.164. The normalized spacial score (nSPS) is 21.1. The van der Waals surface area contributed by atoms with Crippen molar-refractivity contribution in [1.82, 2.24) is 4.98 Å². The molecule has 2 heterocycles. The Kier molecular flexibility index (Phi) is 3.75. The average molecular weight is 259 g/mol.